The zero-order valence-corrected chi connectivity index (χ0v) is 12.0. The molecule has 6 heteroatoms. The number of hydrogen-bond acceptors (Lipinski definition) is 6. The van der Waals surface area contributed by atoms with Crippen molar-refractivity contribution in [3.05, 3.63) is 6.07 Å². The van der Waals surface area contributed by atoms with E-state index in [0.717, 1.165) is 12.2 Å². The van der Waals surface area contributed by atoms with Crippen molar-refractivity contribution >= 4 is 23.4 Å². The maximum atomic E-state index is 5.76. The lowest BCUT2D eigenvalue weighted by molar-refractivity contribution is -0.0795. The van der Waals surface area contributed by atoms with E-state index in [1.54, 1.807) is 13.2 Å². The van der Waals surface area contributed by atoms with Gasteiger partial charge in [-0.3, -0.25) is 0 Å². The molecular formula is C12H20N4OS. The van der Waals surface area contributed by atoms with E-state index >= 15 is 0 Å². The molecule has 2 unspecified atom stereocenters. The van der Waals surface area contributed by atoms with Gasteiger partial charge in [0.1, 0.15) is 11.6 Å². The molecule has 1 saturated carbocycles. The van der Waals surface area contributed by atoms with Crippen molar-refractivity contribution in [1.29, 1.82) is 0 Å². The molecule has 0 saturated heterocycles. The van der Waals surface area contributed by atoms with Gasteiger partial charge in [-0.05, 0) is 12.7 Å². The summed E-state index contributed by atoms with van der Waals surface area (Å²) in [6, 6.07) is 2.13. The van der Waals surface area contributed by atoms with Crippen LogP contribution in [0.3, 0.4) is 0 Å². The molecule has 0 spiro atoms. The first-order chi connectivity index (χ1) is 8.47. The third-order valence-corrected chi connectivity index (χ3v) is 4.24. The van der Waals surface area contributed by atoms with Gasteiger partial charge in [-0.2, -0.15) is 0 Å². The fraction of sp³-hybridized carbons (Fsp3) is 0.667. The van der Waals surface area contributed by atoms with E-state index in [2.05, 4.69) is 29.1 Å². The molecule has 3 N–H and O–H groups in total. The molecule has 1 aliphatic carbocycles. The number of nitrogens with one attached hydrogen (secondary N) is 1. The van der Waals surface area contributed by atoms with Crippen molar-refractivity contribution < 1.29 is 4.74 Å². The van der Waals surface area contributed by atoms with Crippen molar-refractivity contribution in [2.45, 2.75) is 37.6 Å². The molecule has 1 heterocycles. The molecule has 1 aromatic rings. The molecule has 0 radical (unpaired) electrons. The Bertz CT molecular complexity index is 438. The van der Waals surface area contributed by atoms with E-state index in [1.165, 1.54) is 11.8 Å². The number of ether oxygens (including phenoxy) is 1. The van der Waals surface area contributed by atoms with Gasteiger partial charge in [0.25, 0.3) is 0 Å². The van der Waals surface area contributed by atoms with Crippen LogP contribution >= 0.6 is 11.8 Å². The lowest BCUT2D eigenvalue weighted by atomic mass is 9.64. The molecule has 0 aromatic carbocycles. The summed E-state index contributed by atoms with van der Waals surface area (Å²) >= 11 is 1.49. The number of anilines is 2. The summed E-state index contributed by atoms with van der Waals surface area (Å²) in [4.78, 5) is 8.55. The number of nitrogens with two attached hydrogens (primary N) is 1. The molecule has 100 valence electrons. The van der Waals surface area contributed by atoms with E-state index < -0.39 is 0 Å². The first-order valence-electron chi connectivity index (χ1n) is 5.95. The van der Waals surface area contributed by atoms with Gasteiger partial charge < -0.3 is 15.8 Å². The lowest BCUT2D eigenvalue weighted by Gasteiger charge is -2.51. The zero-order chi connectivity index (χ0) is 13.3. The first-order valence-corrected chi connectivity index (χ1v) is 7.17. The summed E-state index contributed by atoms with van der Waals surface area (Å²) in [5, 5.41) is 4.12. The minimum Gasteiger partial charge on any atom is -0.383 e. The van der Waals surface area contributed by atoms with Crippen LogP contribution in [0, 0.1) is 5.41 Å². The molecule has 18 heavy (non-hydrogen) atoms. The number of methoxy groups -OCH3 is 1. The van der Waals surface area contributed by atoms with Gasteiger partial charge in [0.05, 0.1) is 6.10 Å². The quantitative estimate of drug-likeness (QED) is 0.643. The van der Waals surface area contributed by atoms with Gasteiger partial charge in [0.15, 0.2) is 5.16 Å². The van der Waals surface area contributed by atoms with Gasteiger partial charge in [-0.25, -0.2) is 9.97 Å². The number of thioether (sulfide) groups is 1. The van der Waals surface area contributed by atoms with Crippen molar-refractivity contribution in [3.8, 4) is 0 Å². The Hall–Kier alpha value is -1.01. The molecule has 1 fully saturated rings. The highest BCUT2D eigenvalue weighted by Crippen LogP contribution is 2.43. The molecule has 2 atom stereocenters. The summed E-state index contributed by atoms with van der Waals surface area (Å²) < 4.78 is 5.44. The predicted octanol–water partition coefficient (Wildman–Crippen LogP) is 2.01. The van der Waals surface area contributed by atoms with Crippen molar-refractivity contribution in [2.75, 3.05) is 24.4 Å². The molecule has 2 rings (SSSR count). The second-order valence-corrected chi connectivity index (χ2v) is 5.92. The third-order valence-electron chi connectivity index (χ3n) is 3.69. The Morgan fingerprint density at radius 1 is 1.50 bits per heavy atom. The maximum Gasteiger partial charge on any atom is 0.191 e. The average molecular weight is 268 g/mol. The SMILES string of the molecule is COC1CC(Nc2cc(N)nc(SC)n2)C1(C)C. The molecule has 1 aliphatic rings. The summed E-state index contributed by atoms with van der Waals surface area (Å²) in [7, 11) is 1.76. The normalized spacial score (nSPS) is 25.6. The molecular weight excluding hydrogens is 248 g/mol. The Kier molecular flexibility index (Phi) is 3.68. The standard InChI is InChI=1S/C12H20N4OS/c1-12(2)7(5-8(12)17-3)14-10-6-9(13)15-11(16-10)18-4/h6-8H,5H2,1-4H3,(H3,13,14,15,16). The smallest absolute Gasteiger partial charge is 0.191 e. The lowest BCUT2D eigenvalue weighted by Crippen LogP contribution is -2.57. The molecule has 5 nitrogen and oxygen atoms in total. The largest absolute Gasteiger partial charge is 0.383 e. The zero-order valence-electron chi connectivity index (χ0n) is 11.2. The first kappa shape index (κ1) is 13.4. The second kappa shape index (κ2) is 4.93. The van der Waals surface area contributed by atoms with Gasteiger partial charge in [-0.15, -0.1) is 0 Å². The molecule has 0 bridgehead atoms. The second-order valence-electron chi connectivity index (χ2n) is 5.14. The van der Waals surface area contributed by atoms with Crippen molar-refractivity contribution in [3.63, 3.8) is 0 Å². The highest BCUT2D eigenvalue weighted by atomic mass is 32.2. The average Bonchev–Trinajstić information content (AvgIpc) is 2.33. The van der Waals surface area contributed by atoms with Crippen molar-refractivity contribution in [1.82, 2.24) is 9.97 Å². The summed E-state index contributed by atoms with van der Waals surface area (Å²) in [6.07, 6.45) is 3.23. The Morgan fingerprint density at radius 2 is 2.22 bits per heavy atom. The predicted molar refractivity (Wildman–Crippen MR) is 74.8 cm³/mol. The maximum absolute atomic E-state index is 5.76. The van der Waals surface area contributed by atoms with E-state index in [1.807, 2.05) is 6.26 Å². The topological polar surface area (TPSA) is 73.1 Å². The number of aromatic nitrogens is 2. The van der Waals surface area contributed by atoms with Crippen molar-refractivity contribution in [2.24, 2.45) is 5.41 Å². The minimum absolute atomic E-state index is 0.105. The van der Waals surface area contributed by atoms with Gasteiger partial charge in [0.2, 0.25) is 0 Å². The van der Waals surface area contributed by atoms with Crippen LogP contribution in [0.1, 0.15) is 20.3 Å². The summed E-state index contributed by atoms with van der Waals surface area (Å²) in [6.45, 7) is 4.39. The highest BCUT2D eigenvalue weighted by Gasteiger charge is 2.48. The van der Waals surface area contributed by atoms with Crippen LogP contribution in [0.2, 0.25) is 0 Å². The van der Waals surface area contributed by atoms with Crippen LogP contribution in [-0.2, 0) is 4.74 Å². The van der Waals surface area contributed by atoms with Gasteiger partial charge in [-0.1, -0.05) is 25.6 Å². The number of nitrogen functional groups attached to an aromatic ring is 1. The number of rotatable bonds is 4. The highest BCUT2D eigenvalue weighted by molar-refractivity contribution is 7.98. The monoisotopic (exact) mass is 268 g/mol. The van der Waals surface area contributed by atoms with E-state index in [9.17, 15) is 0 Å². The molecule has 0 amide bonds. The fourth-order valence-electron chi connectivity index (χ4n) is 2.32. The van der Waals surface area contributed by atoms with Crippen LogP contribution in [0.5, 0.6) is 0 Å². The van der Waals surface area contributed by atoms with Crippen LogP contribution in [-0.4, -0.2) is 35.5 Å². The Balaban J connectivity index is 2.09. The summed E-state index contributed by atoms with van der Waals surface area (Å²) in [5.41, 5.74) is 5.87. The molecule has 1 aromatic heterocycles. The van der Waals surface area contributed by atoms with Crippen LogP contribution in [0.4, 0.5) is 11.6 Å². The van der Waals surface area contributed by atoms with Crippen LogP contribution < -0.4 is 11.1 Å². The number of nitrogens with zero attached hydrogens (tertiary/aromatic N) is 2. The number of hydrogen-bond donors (Lipinski definition) is 2. The van der Waals surface area contributed by atoms with E-state index in [-0.39, 0.29) is 5.41 Å². The minimum atomic E-state index is 0.105. The molecule has 0 aliphatic heterocycles. The van der Waals surface area contributed by atoms with E-state index in [4.69, 9.17) is 10.5 Å². The Labute approximate surface area is 112 Å². The fourth-order valence-corrected chi connectivity index (χ4v) is 2.70. The van der Waals surface area contributed by atoms with Gasteiger partial charge >= 0.3 is 0 Å². The van der Waals surface area contributed by atoms with Crippen LogP contribution in [0.15, 0.2) is 11.2 Å². The van der Waals surface area contributed by atoms with Crippen LogP contribution in [0.25, 0.3) is 0 Å². The Morgan fingerprint density at radius 3 is 2.78 bits per heavy atom. The third kappa shape index (κ3) is 2.40. The van der Waals surface area contributed by atoms with E-state index in [0.29, 0.717) is 23.1 Å². The van der Waals surface area contributed by atoms with Gasteiger partial charge in [0, 0.05) is 24.6 Å². The summed E-state index contributed by atoms with van der Waals surface area (Å²) in [5.74, 6) is 1.29.